The lowest BCUT2D eigenvalue weighted by atomic mass is 10.2. The molecule has 9 heteroatoms. The molecule has 3 aromatic rings. The standard InChI is InChI=1S/C24H27Cl2N5O2/c1-16-15-27-24(30-23(16)29-21-14-22(32-2)20(26)13-19(21)25)28-17-6-5-7-18(12-17)33-11-10-31-8-3-4-9-31/h5-7,12-15H,3-4,8-11H2,1-2H3,(H2,27,28,29,30). The Morgan fingerprint density at radius 1 is 1.06 bits per heavy atom. The summed E-state index contributed by atoms with van der Waals surface area (Å²) in [7, 11) is 1.56. The van der Waals surface area contributed by atoms with Gasteiger partial charge in [-0.15, -0.1) is 0 Å². The van der Waals surface area contributed by atoms with E-state index in [1.54, 1.807) is 25.4 Å². The maximum Gasteiger partial charge on any atom is 0.229 e. The Balaban J connectivity index is 1.44. The van der Waals surface area contributed by atoms with Crippen LogP contribution in [0.4, 0.5) is 23.1 Å². The summed E-state index contributed by atoms with van der Waals surface area (Å²) in [5.74, 6) is 2.41. The number of nitrogens with one attached hydrogen (secondary N) is 2. The van der Waals surface area contributed by atoms with Crippen molar-refractivity contribution < 1.29 is 9.47 Å². The molecule has 1 aliphatic rings. The average Bonchev–Trinajstić information content (AvgIpc) is 3.32. The molecule has 2 heterocycles. The Morgan fingerprint density at radius 3 is 2.67 bits per heavy atom. The highest BCUT2D eigenvalue weighted by Crippen LogP contribution is 2.36. The third-order valence-electron chi connectivity index (χ3n) is 5.43. The van der Waals surface area contributed by atoms with Crippen LogP contribution >= 0.6 is 23.2 Å². The SMILES string of the molecule is COc1cc(Nc2nc(Nc3cccc(OCCN4CCCC4)c3)ncc2C)c(Cl)cc1Cl. The zero-order valence-corrected chi connectivity index (χ0v) is 20.2. The number of aromatic nitrogens is 2. The summed E-state index contributed by atoms with van der Waals surface area (Å²) in [6, 6.07) is 11.2. The Labute approximate surface area is 204 Å². The highest BCUT2D eigenvalue weighted by molar-refractivity contribution is 6.37. The molecule has 0 atom stereocenters. The average molecular weight is 488 g/mol. The highest BCUT2D eigenvalue weighted by atomic mass is 35.5. The minimum absolute atomic E-state index is 0.442. The van der Waals surface area contributed by atoms with Crippen molar-refractivity contribution in [3.05, 3.63) is 58.2 Å². The molecule has 1 saturated heterocycles. The first-order valence-corrected chi connectivity index (χ1v) is 11.6. The molecule has 0 spiro atoms. The normalized spacial score (nSPS) is 13.7. The highest BCUT2D eigenvalue weighted by Gasteiger charge is 2.12. The molecule has 1 aliphatic heterocycles. The first-order chi connectivity index (χ1) is 16.0. The molecule has 0 bridgehead atoms. The van der Waals surface area contributed by atoms with Crippen molar-refractivity contribution in [2.24, 2.45) is 0 Å². The molecule has 1 aromatic heterocycles. The Morgan fingerprint density at radius 2 is 1.88 bits per heavy atom. The lowest BCUT2D eigenvalue weighted by Crippen LogP contribution is -2.25. The molecule has 0 amide bonds. The lowest BCUT2D eigenvalue weighted by Gasteiger charge is -2.15. The molecule has 0 saturated carbocycles. The zero-order chi connectivity index (χ0) is 23.2. The van der Waals surface area contributed by atoms with Crippen LogP contribution in [0.1, 0.15) is 18.4 Å². The number of likely N-dealkylation sites (tertiary alicyclic amines) is 1. The zero-order valence-electron chi connectivity index (χ0n) is 18.7. The quantitative estimate of drug-likeness (QED) is 0.379. The van der Waals surface area contributed by atoms with Crippen molar-refractivity contribution in [2.75, 3.05) is 44.0 Å². The van der Waals surface area contributed by atoms with E-state index in [9.17, 15) is 0 Å². The molecule has 2 N–H and O–H groups in total. The summed E-state index contributed by atoms with van der Waals surface area (Å²) in [6.07, 6.45) is 4.31. The van der Waals surface area contributed by atoms with E-state index in [0.717, 1.165) is 23.5 Å². The number of nitrogens with zero attached hydrogens (tertiary/aromatic N) is 3. The van der Waals surface area contributed by atoms with Gasteiger partial charge in [-0.1, -0.05) is 29.3 Å². The molecule has 0 unspecified atom stereocenters. The summed E-state index contributed by atoms with van der Waals surface area (Å²) in [5, 5.41) is 7.39. The van der Waals surface area contributed by atoms with Crippen molar-refractivity contribution in [3.63, 3.8) is 0 Å². The molecule has 4 rings (SSSR count). The van der Waals surface area contributed by atoms with Gasteiger partial charge in [-0.25, -0.2) is 4.98 Å². The number of methoxy groups -OCH3 is 1. The summed E-state index contributed by atoms with van der Waals surface area (Å²) >= 11 is 12.5. The molecule has 174 valence electrons. The van der Waals surface area contributed by atoms with Gasteiger partial charge in [-0.2, -0.15) is 4.98 Å². The maximum atomic E-state index is 6.35. The second-order valence-corrected chi connectivity index (χ2v) is 8.68. The molecule has 0 radical (unpaired) electrons. The fourth-order valence-electron chi connectivity index (χ4n) is 3.63. The largest absolute Gasteiger partial charge is 0.495 e. The molecular weight excluding hydrogens is 461 g/mol. The van der Waals surface area contributed by atoms with Crippen LogP contribution in [-0.2, 0) is 0 Å². The van der Waals surface area contributed by atoms with Crippen molar-refractivity contribution in [2.45, 2.75) is 19.8 Å². The second kappa shape index (κ2) is 10.9. The van der Waals surface area contributed by atoms with Crippen LogP contribution in [0.25, 0.3) is 0 Å². The number of benzene rings is 2. The molecule has 1 fully saturated rings. The fraction of sp³-hybridized carbons (Fsp3) is 0.333. The van der Waals surface area contributed by atoms with Crippen LogP contribution in [0.15, 0.2) is 42.6 Å². The van der Waals surface area contributed by atoms with Crippen LogP contribution in [-0.4, -0.2) is 48.2 Å². The van der Waals surface area contributed by atoms with Gasteiger partial charge in [-0.3, -0.25) is 4.90 Å². The smallest absolute Gasteiger partial charge is 0.229 e. The van der Waals surface area contributed by atoms with Crippen molar-refractivity contribution in [1.29, 1.82) is 0 Å². The van der Waals surface area contributed by atoms with Crippen molar-refractivity contribution >= 4 is 46.3 Å². The Bertz CT molecular complexity index is 1110. The van der Waals surface area contributed by atoms with Gasteiger partial charge >= 0.3 is 0 Å². The van der Waals surface area contributed by atoms with Crippen LogP contribution < -0.4 is 20.1 Å². The minimum Gasteiger partial charge on any atom is -0.495 e. The third kappa shape index (κ3) is 6.19. The van der Waals surface area contributed by atoms with Gasteiger partial charge < -0.3 is 20.1 Å². The van der Waals surface area contributed by atoms with Crippen molar-refractivity contribution in [3.8, 4) is 11.5 Å². The topological polar surface area (TPSA) is 71.5 Å². The molecule has 33 heavy (non-hydrogen) atoms. The summed E-state index contributed by atoms with van der Waals surface area (Å²) in [6.45, 7) is 5.87. The van der Waals surface area contributed by atoms with Crippen LogP contribution in [0.2, 0.25) is 10.0 Å². The number of hydrogen-bond donors (Lipinski definition) is 2. The van der Waals surface area contributed by atoms with Gasteiger partial charge in [0.1, 0.15) is 23.9 Å². The van der Waals surface area contributed by atoms with Gasteiger partial charge in [0, 0.05) is 36.1 Å². The molecule has 0 aliphatic carbocycles. The Hall–Kier alpha value is -2.74. The maximum absolute atomic E-state index is 6.35. The van der Waals surface area contributed by atoms with E-state index >= 15 is 0 Å². The van der Waals surface area contributed by atoms with Crippen LogP contribution in [0, 0.1) is 6.92 Å². The van der Waals surface area contributed by atoms with E-state index in [1.807, 2.05) is 31.2 Å². The van der Waals surface area contributed by atoms with E-state index in [2.05, 4.69) is 25.5 Å². The third-order valence-corrected chi connectivity index (χ3v) is 6.04. The number of hydrogen-bond acceptors (Lipinski definition) is 7. The first-order valence-electron chi connectivity index (χ1n) is 10.9. The van der Waals surface area contributed by atoms with Crippen LogP contribution in [0.5, 0.6) is 11.5 Å². The number of aryl methyl sites for hydroxylation is 1. The van der Waals surface area contributed by atoms with Gasteiger partial charge in [0.05, 0.1) is 22.8 Å². The first kappa shape index (κ1) is 23.4. The second-order valence-electron chi connectivity index (χ2n) is 7.87. The Kier molecular flexibility index (Phi) is 7.75. The number of ether oxygens (including phenoxy) is 2. The van der Waals surface area contributed by atoms with Gasteiger partial charge in [0.15, 0.2) is 0 Å². The van der Waals surface area contributed by atoms with Crippen molar-refractivity contribution in [1.82, 2.24) is 14.9 Å². The fourth-order valence-corrected chi connectivity index (χ4v) is 4.14. The van der Waals surface area contributed by atoms with Gasteiger partial charge in [-0.05, 0) is 51.1 Å². The van der Waals surface area contributed by atoms with E-state index < -0.39 is 0 Å². The molecular formula is C24H27Cl2N5O2. The number of halogens is 2. The van der Waals surface area contributed by atoms with Crippen LogP contribution in [0.3, 0.4) is 0 Å². The predicted octanol–water partition coefficient (Wildman–Crippen LogP) is 6.06. The van der Waals surface area contributed by atoms with E-state index in [4.69, 9.17) is 32.7 Å². The number of anilines is 4. The van der Waals surface area contributed by atoms with E-state index in [1.165, 1.54) is 25.9 Å². The summed E-state index contributed by atoms with van der Waals surface area (Å²) in [5.41, 5.74) is 2.35. The summed E-state index contributed by atoms with van der Waals surface area (Å²) in [4.78, 5) is 11.4. The number of rotatable bonds is 9. The monoisotopic (exact) mass is 487 g/mol. The molecule has 2 aromatic carbocycles. The minimum atomic E-state index is 0.442. The van der Waals surface area contributed by atoms with E-state index in [-0.39, 0.29) is 0 Å². The summed E-state index contributed by atoms with van der Waals surface area (Å²) < 4.78 is 11.2. The van der Waals surface area contributed by atoms with Gasteiger partial charge in [0.25, 0.3) is 0 Å². The van der Waals surface area contributed by atoms with E-state index in [0.29, 0.717) is 39.9 Å². The lowest BCUT2D eigenvalue weighted by molar-refractivity contribution is 0.238. The van der Waals surface area contributed by atoms with Gasteiger partial charge in [0.2, 0.25) is 5.95 Å². The molecule has 7 nitrogen and oxygen atoms in total. The predicted molar refractivity (Wildman–Crippen MR) is 134 cm³/mol.